The van der Waals surface area contributed by atoms with Gasteiger partial charge in [0.1, 0.15) is 12.4 Å². The van der Waals surface area contributed by atoms with Crippen LogP contribution in [0.25, 0.3) is 0 Å². The van der Waals surface area contributed by atoms with Gasteiger partial charge in [-0.25, -0.2) is 4.79 Å². The first-order valence-corrected chi connectivity index (χ1v) is 5.54. The lowest BCUT2D eigenvalue weighted by molar-refractivity contribution is -0.145. The molecule has 6 nitrogen and oxygen atoms in total. The number of carbonyl (C=O) groups is 2. The Kier molecular flexibility index (Phi) is 5.35. The maximum Gasteiger partial charge on any atom is 0.331 e. The van der Waals surface area contributed by atoms with Gasteiger partial charge in [-0.2, -0.15) is 5.26 Å². The van der Waals surface area contributed by atoms with Crippen molar-refractivity contribution in [2.24, 2.45) is 0 Å². The maximum atomic E-state index is 11.4. The fourth-order valence-corrected chi connectivity index (χ4v) is 1.39. The molecular formula is C13H14N2O4. The van der Waals surface area contributed by atoms with E-state index in [0.717, 1.165) is 0 Å². The van der Waals surface area contributed by atoms with Crippen LogP contribution >= 0.6 is 0 Å². The van der Waals surface area contributed by atoms with Crippen LogP contribution in [0.1, 0.15) is 12.5 Å². The molecule has 0 spiro atoms. The Labute approximate surface area is 110 Å². The zero-order chi connectivity index (χ0) is 14.3. The first-order valence-electron chi connectivity index (χ1n) is 5.54. The van der Waals surface area contributed by atoms with E-state index < -0.39 is 12.0 Å². The van der Waals surface area contributed by atoms with Crippen molar-refractivity contribution in [1.82, 2.24) is 5.32 Å². The van der Waals surface area contributed by atoms with Crippen molar-refractivity contribution in [2.45, 2.75) is 13.0 Å². The van der Waals surface area contributed by atoms with E-state index in [1.54, 1.807) is 24.3 Å². The lowest BCUT2D eigenvalue weighted by Gasteiger charge is -2.16. The number of esters is 1. The van der Waals surface area contributed by atoms with Crippen molar-refractivity contribution in [3.8, 4) is 11.8 Å². The highest BCUT2D eigenvalue weighted by Gasteiger charge is 2.20. The molecule has 0 saturated carbocycles. The number of amides is 1. The number of rotatable bonds is 5. The normalized spacial score (nSPS) is 11.0. The highest BCUT2D eigenvalue weighted by atomic mass is 16.5. The summed E-state index contributed by atoms with van der Waals surface area (Å²) in [6, 6.07) is 7.60. The standard InChI is InChI=1S/C13H14N2O4/c1-9(16)15-12(13(17)18-2)8-19-11-5-3-4-10(6-11)7-14/h3-6,12H,8H2,1-2H3,(H,15,16). The molecule has 100 valence electrons. The molecule has 0 aromatic heterocycles. The first-order chi connectivity index (χ1) is 9.06. The Morgan fingerprint density at radius 3 is 2.79 bits per heavy atom. The Morgan fingerprint density at radius 2 is 2.21 bits per heavy atom. The zero-order valence-corrected chi connectivity index (χ0v) is 10.7. The van der Waals surface area contributed by atoms with Gasteiger partial charge in [0.25, 0.3) is 0 Å². The summed E-state index contributed by atoms with van der Waals surface area (Å²) in [7, 11) is 1.23. The molecule has 1 amide bonds. The Balaban J connectivity index is 2.67. The van der Waals surface area contributed by atoms with E-state index >= 15 is 0 Å². The van der Waals surface area contributed by atoms with E-state index in [1.165, 1.54) is 14.0 Å². The number of nitrogens with one attached hydrogen (secondary N) is 1. The average Bonchev–Trinajstić information content (AvgIpc) is 2.42. The minimum Gasteiger partial charge on any atom is -0.491 e. The van der Waals surface area contributed by atoms with Gasteiger partial charge >= 0.3 is 5.97 Å². The fraction of sp³-hybridized carbons (Fsp3) is 0.308. The number of methoxy groups -OCH3 is 1. The molecule has 0 heterocycles. The Bertz CT molecular complexity index is 508. The SMILES string of the molecule is COC(=O)C(COc1cccc(C#N)c1)NC(C)=O. The van der Waals surface area contributed by atoms with Crippen LogP contribution in [0.5, 0.6) is 5.75 Å². The van der Waals surface area contributed by atoms with Crippen LogP contribution in [0.3, 0.4) is 0 Å². The third kappa shape index (κ3) is 4.68. The molecule has 1 rings (SSSR count). The molecule has 0 aliphatic rings. The molecule has 1 unspecified atom stereocenters. The number of benzene rings is 1. The van der Waals surface area contributed by atoms with Crippen LogP contribution in [0.4, 0.5) is 0 Å². The lowest BCUT2D eigenvalue weighted by Crippen LogP contribution is -2.44. The van der Waals surface area contributed by atoms with Crippen LogP contribution in [-0.4, -0.2) is 31.6 Å². The fourth-order valence-electron chi connectivity index (χ4n) is 1.39. The van der Waals surface area contributed by atoms with E-state index in [9.17, 15) is 9.59 Å². The van der Waals surface area contributed by atoms with Crippen molar-refractivity contribution in [1.29, 1.82) is 5.26 Å². The summed E-state index contributed by atoms with van der Waals surface area (Å²) in [6.07, 6.45) is 0. The molecule has 1 aromatic rings. The minimum atomic E-state index is -0.881. The summed E-state index contributed by atoms with van der Waals surface area (Å²) < 4.78 is 9.93. The van der Waals surface area contributed by atoms with Crippen molar-refractivity contribution in [3.63, 3.8) is 0 Å². The molecule has 1 aromatic carbocycles. The second-order valence-electron chi connectivity index (χ2n) is 3.73. The molecule has 0 bridgehead atoms. The largest absolute Gasteiger partial charge is 0.491 e. The van der Waals surface area contributed by atoms with Crippen LogP contribution in [-0.2, 0) is 14.3 Å². The molecule has 0 fully saturated rings. The summed E-state index contributed by atoms with van der Waals surface area (Å²) in [4.78, 5) is 22.4. The lowest BCUT2D eigenvalue weighted by atomic mass is 10.2. The molecular weight excluding hydrogens is 248 g/mol. The number of nitrogens with zero attached hydrogens (tertiary/aromatic N) is 1. The topological polar surface area (TPSA) is 88.4 Å². The van der Waals surface area contributed by atoms with Gasteiger partial charge in [0.15, 0.2) is 6.04 Å². The van der Waals surface area contributed by atoms with Gasteiger partial charge in [-0.3, -0.25) is 4.79 Å². The highest BCUT2D eigenvalue weighted by Crippen LogP contribution is 2.12. The third-order valence-electron chi connectivity index (χ3n) is 2.24. The second kappa shape index (κ2) is 7.01. The average molecular weight is 262 g/mol. The number of nitriles is 1. The van der Waals surface area contributed by atoms with Gasteiger partial charge in [-0.05, 0) is 18.2 Å². The van der Waals surface area contributed by atoms with Gasteiger partial charge in [0.05, 0.1) is 18.7 Å². The summed E-state index contributed by atoms with van der Waals surface area (Å²) in [5.41, 5.74) is 0.451. The van der Waals surface area contributed by atoms with Gasteiger partial charge in [0.2, 0.25) is 5.91 Å². The van der Waals surface area contributed by atoms with Crippen molar-refractivity contribution in [3.05, 3.63) is 29.8 Å². The van der Waals surface area contributed by atoms with Gasteiger partial charge in [-0.15, -0.1) is 0 Å². The van der Waals surface area contributed by atoms with Crippen molar-refractivity contribution < 1.29 is 19.1 Å². The molecule has 0 aliphatic heterocycles. The van der Waals surface area contributed by atoms with Crippen molar-refractivity contribution >= 4 is 11.9 Å². The predicted octanol–water partition coefficient (Wildman–Crippen LogP) is 0.615. The molecule has 19 heavy (non-hydrogen) atoms. The zero-order valence-electron chi connectivity index (χ0n) is 10.7. The highest BCUT2D eigenvalue weighted by molar-refractivity contribution is 5.83. The van der Waals surface area contributed by atoms with Crippen LogP contribution in [0.2, 0.25) is 0 Å². The molecule has 0 saturated heterocycles. The molecule has 6 heteroatoms. The van der Waals surface area contributed by atoms with E-state index in [1.807, 2.05) is 6.07 Å². The van der Waals surface area contributed by atoms with Crippen LogP contribution in [0, 0.1) is 11.3 Å². The van der Waals surface area contributed by atoms with Crippen molar-refractivity contribution in [2.75, 3.05) is 13.7 Å². The van der Waals surface area contributed by atoms with Gasteiger partial charge < -0.3 is 14.8 Å². The smallest absolute Gasteiger partial charge is 0.331 e. The molecule has 0 aliphatic carbocycles. The first kappa shape index (κ1) is 14.5. The number of carbonyl (C=O) groups excluding carboxylic acids is 2. The van der Waals surface area contributed by atoms with Gasteiger partial charge in [-0.1, -0.05) is 6.07 Å². The third-order valence-corrected chi connectivity index (χ3v) is 2.24. The van der Waals surface area contributed by atoms with E-state index in [4.69, 9.17) is 10.00 Å². The quantitative estimate of drug-likeness (QED) is 0.785. The summed E-state index contributed by atoms with van der Waals surface area (Å²) in [5, 5.41) is 11.2. The molecule has 1 atom stereocenters. The van der Waals surface area contributed by atoms with Crippen LogP contribution < -0.4 is 10.1 Å². The van der Waals surface area contributed by atoms with Gasteiger partial charge in [0, 0.05) is 6.92 Å². The van der Waals surface area contributed by atoms with Crippen LogP contribution in [0.15, 0.2) is 24.3 Å². The Morgan fingerprint density at radius 1 is 1.47 bits per heavy atom. The second-order valence-corrected chi connectivity index (χ2v) is 3.73. The minimum absolute atomic E-state index is 0.0683. The van der Waals surface area contributed by atoms with E-state index in [0.29, 0.717) is 11.3 Å². The summed E-state index contributed by atoms with van der Waals surface area (Å²) in [6.45, 7) is 1.23. The van der Waals surface area contributed by atoms with E-state index in [2.05, 4.69) is 10.1 Å². The van der Waals surface area contributed by atoms with E-state index in [-0.39, 0.29) is 12.5 Å². The monoisotopic (exact) mass is 262 g/mol. The molecule has 1 N–H and O–H groups in total. The molecule has 0 radical (unpaired) electrons. The number of ether oxygens (including phenoxy) is 2. The number of hydrogen-bond acceptors (Lipinski definition) is 5. The summed E-state index contributed by atoms with van der Waals surface area (Å²) in [5.74, 6) is -0.505. The summed E-state index contributed by atoms with van der Waals surface area (Å²) >= 11 is 0. The number of hydrogen-bond donors (Lipinski definition) is 1. The Hall–Kier alpha value is -2.55. The predicted molar refractivity (Wildman–Crippen MR) is 66.3 cm³/mol. The maximum absolute atomic E-state index is 11.4.